The largest absolute Gasteiger partial charge is 0.481 e. The van der Waals surface area contributed by atoms with Crippen LogP contribution in [0.1, 0.15) is 78.6 Å². The third-order valence-corrected chi connectivity index (χ3v) is 9.47. The molecule has 8 unspecified atom stereocenters. The van der Waals surface area contributed by atoms with Crippen molar-refractivity contribution in [3.8, 4) is 0 Å². The van der Waals surface area contributed by atoms with Crippen molar-refractivity contribution >= 4 is 11.8 Å². The predicted octanol–water partition coefficient (Wildman–Crippen LogP) is 4.61. The first-order valence-electron chi connectivity index (χ1n) is 11.3. The van der Waals surface area contributed by atoms with E-state index in [4.69, 9.17) is 5.11 Å². The Hall–Kier alpha value is -1.16. The van der Waals surface area contributed by atoms with Crippen LogP contribution in [0, 0.1) is 40.4 Å². The van der Waals surface area contributed by atoms with Crippen molar-refractivity contribution in [1.29, 1.82) is 0 Å². The Kier molecular flexibility index (Phi) is 5.01. The maximum atomic E-state index is 13.5. The van der Waals surface area contributed by atoms with Crippen molar-refractivity contribution in [3.05, 3.63) is 11.6 Å². The van der Waals surface area contributed by atoms with Gasteiger partial charge in [0.1, 0.15) is 0 Å². The minimum Gasteiger partial charge on any atom is -0.481 e. The lowest BCUT2D eigenvalue weighted by atomic mass is 9.48. The molecule has 0 radical (unpaired) electrons. The highest BCUT2D eigenvalue weighted by molar-refractivity contribution is 5.97. The van der Waals surface area contributed by atoms with Crippen LogP contribution >= 0.6 is 0 Å². The summed E-state index contributed by atoms with van der Waals surface area (Å²) in [4.78, 5) is 24.6. The molecule has 4 aliphatic carbocycles. The third-order valence-electron chi connectivity index (χ3n) is 9.47. The van der Waals surface area contributed by atoms with Crippen LogP contribution in [0.5, 0.6) is 0 Å². The molecule has 0 aromatic carbocycles. The lowest BCUT2D eigenvalue weighted by Crippen LogP contribution is -2.52. The molecular formula is C24H36O4. The lowest BCUT2D eigenvalue weighted by molar-refractivity contribution is -0.137. The molecule has 2 N–H and O–H groups in total. The van der Waals surface area contributed by atoms with Gasteiger partial charge >= 0.3 is 5.97 Å². The second-order valence-corrected chi connectivity index (χ2v) is 10.7. The quantitative estimate of drug-likeness (QED) is 0.738. The number of carbonyl (C=O) groups excluding carboxylic acids is 1. The lowest BCUT2D eigenvalue weighted by Gasteiger charge is -2.56. The van der Waals surface area contributed by atoms with E-state index in [2.05, 4.69) is 20.8 Å². The van der Waals surface area contributed by atoms with E-state index in [1.165, 1.54) is 5.57 Å². The number of carbonyl (C=O) groups is 2. The summed E-state index contributed by atoms with van der Waals surface area (Å²) >= 11 is 0. The number of fused-ring (bicyclic) bond motifs is 5. The monoisotopic (exact) mass is 388 g/mol. The van der Waals surface area contributed by atoms with E-state index < -0.39 is 5.97 Å². The highest BCUT2D eigenvalue weighted by Gasteiger charge is 2.60. The number of aliphatic carboxylic acids is 1. The fourth-order valence-corrected chi connectivity index (χ4v) is 7.79. The number of carboxylic acids is 1. The van der Waals surface area contributed by atoms with Gasteiger partial charge < -0.3 is 10.2 Å². The number of aliphatic hydroxyl groups excluding tert-OH is 1. The second-order valence-electron chi connectivity index (χ2n) is 10.7. The zero-order valence-electron chi connectivity index (χ0n) is 17.6. The number of rotatable bonds is 4. The molecule has 4 aliphatic rings. The number of ketones is 1. The van der Waals surface area contributed by atoms with Gasteiger partial charge in [0, 0.05) is 11.8 Å². The van der Waals surface area contributed by atoms with Crippen molar-refractivity contribution in [2.75, 3.05) is 0 Å². The van der Waals surface area contributed by atoms with Gasteiger partial charge in [-0.2, -0.15) is 0 Å². The molecule has 0 amide bonds. The average molecular weight is 389 g/mol. The van der Waals surface area contributed by atoms with Crippen molar-refractivity contribution in [2.45, 2.75) is 84.7 Å². The Balaban J connectivity index is 1.63. The molecule has 0 saturated heterocycles. The Morgan fingerprint density at radius 2 is 1.96 bits per heavy atom. The molecule has 156 valence electrons. The number of hydrogen-bond donors (Lipinski definition) is 2. The summed E-state index contributed by atoms with van der Waals surface area (Å²) in [6.07, 6.45) is 9.87. The van der Waals surface area contributed by atoms with Crippen molar-refractivity contribution in [3.63, 3.8) is 0 Å². The van der Waals surface area contributed by atoms with E-state index in [0.717, 1.165) is 44.9 Å². The highest BCUT2D eigenvalue weighted by atomic mass is 16.4. The molecule has 0 aliphatic heterocycles. The highest BCUT2D eigenvalue weighted by Crippen LogP contribution is 2.65. The first-order chi connectivity index (χ1) is 13.2. The molecule has 0 aromatic rings. The first-order valence-corrected chi connectivity index (χ1v) is 11.3. The van der Waals surface area contributed by atoms with Crippen LogP contribution in [-0.2, 0) is 9.59 Å². The van der Waals surface area contributed by atoms with Crippen LogP contribution in [0.2, 0.25) is 0 Å². The van der Waals surface area contributed by atoms with E-state index in [0.29, 0.717) is 35.9 Å². The molecule has 28 heavy (non-hydrogen) atoms. The van der Waals surface area contributed by atoms with Crippen molar-refractivity contribution in [1.82, 2.24) is 0 Å². The molecule has 4 heteroatoms. The molecule has 8 atom stereocenters. The SMILES string of the molecule is CC(CCC(=O)O)C1CCC2C3CCC4CC(O)CCC4(C)C3=CC(=O)C12C. The van der Waals surface area contributed by atoms with E-state index in [-0.39, 0.29) is 29.3 Å². The average Bonchev–Trinajstić information content (AvgIpc) is 3.00. The Morgan fingerprint density at radius 1 is 1.21 bits per heavy atom. The van der Waals surface area contributed by atoms with E-state index in [9.17, 15) is 14.7 Å². The van der Waals surface area contributed by atoms with E-state index in [1.807, 2.05) is 6.08 Å². The summed E-state index contributed by atoms with van der Waals surface area (Å²) in [5.41, 5.74) is 1.14. The Morgan fingerprint density at radius 3 is 2.68 bits per heavy atom. The number of hydrogen-bond acceptors (Lipinski definition) is 3. The van der Waals surface area contributed by atoms with Crippen molar-refractivity contribution in [2.24, 2.45) is 40.4 Å². The molecular weight excluding hydrogens is 352 g/mol. The molecule has 0 spiro atoms. The van der Waals surface area contributed by atoms with Crippen LogP contribution in [0.4, 0.5) is 0 Å². The van der Waals surface area contributed by atoms with Gasteiger partial charge in [-0.15, -0.1) is 0 Å². The summed E-state index contributed by atoms with van der Waals surface area (Å²) in [7, 11) is 0. The molecule has 0 heterocycles. The molecule has 4 nitrogen and oxygen atoms in total. The van der Waals surface area contributed by atoms with Crippen molar-refractivity contribution < 1.29 is 19.8 Å². The van der Waals surface area contributed by atoms with Gasteiger partial charge in [0.05, 0.1) is 6.10 Å². The summed E-state index contributed by atoms with van der Waals surface area (Å²) in [5, 5.41) is 19.2. The first kappa shape index (κ1) is 20.1. The maximum absolute atomic E-state index is 13.5. The third kappa shape index (κ3) is 2.89. The maximum Gasteiger partial charge on any atom is 0.303 e. The van der Waals surface area contributed by atoms with Gasteiger partial charge in [-0.05, 0) is 92.4 Å². The molecule has 3 fully saturated rings. The normalized spacial score (nSPS) is 46.2. The second kappa shape index (κ2) is 6.97. The fourth-order valence-electron chi connectivity index (χ4n) is 7.79. The standard InChI is InChI=1S/C24H36O4/c1-14(4-9-22(27)28)18-7-8-19-17-6-5-15-12-16(25)10-11-23(15,2)20(17)13-21(26)24(18,19)3/h13-19,25H,4-12H2,1-3H3,(H,27,28). The minimum atomic E-state index is -0.741. The molecule has 4 rings (SSSR count). The topological polar surface area (TPSA) is 74.6 Å². The van der Waals surface area contributed by atoms with E-state index in [1.54, 1.807) is 0 Å². The van der Waals surface area contributed by atoms with Gasteiger partial charge in [0.15, 0.2) is 5.78 Å². The summed E-state index contributed by atoms with van der Waals surface area (Å²) < 4.78 is 0. The number of aliphatic hydroxyl groups is 1. The van der Waals surface area contributed by atoms with Crippen LogP contribution in [0.25, 0.3) is 0 Å². The van der Waals surface area contributed by atoms with Crippen LogP contribution in [-0.4, -0.2) is 28.1 Å². The predicted molar refractivity (Wildman–Crippen MR) is 108 cm³/mol. The van der Waals surface area contributed by atoms with Gasteiger partial charge in [0.25, 0.3) is 0 Å². The molecule has 0 aromatic heterocycles. The zero-order chi connectivity index (χ0) is 20.3. The number of carboxylic acid groups (broad SMARTS) is 1. The molecule has 0 bridgehead atoms. The van der Waals surface area contributed by atoms with E-state index >= 15 is 0 Å². The molecule has 3 saturated carbocycles. The van der Waals surface area contributed by atoms with Crippen LogP contribution in [0.15, 0.2) is 11.6 Å². The number of allylic oxidation sites excluding steroid dienone is 2. The summed E-state index contributed by atoms with van der Waals surface area (Å²) in [6.45, 7) is 6.68. The minimum absolute atomic E-state index is 0.0755. The summed E-state index contributed by atoms with van der Waals surface area (Å²) in [5.74, 6) is 1.51. The van der Waals surface area contributed by atoms with Crippen LogP contribution < -0.4 is 0 Å². The zero-order valence-corrected chi connectivity index (χ0v) is 17.6. The summed E-state index contributed by atoms with van der Waals surface area (Å²) in [6, 6.07) is 0. The van der Waals surface area contributed by atoms with Gasteiger partial charge in [-0.3, -0.25) is 9.59 Å². The Bertz CT molecular complexity index is 697. The van der Waals surface area contributed by atoms with Gasteiger partial charge in [-0.1, -0.05) is 26.3 Å². The smallest absolute Gasteiger partial charge is 0.303 e. The van der Waals surface area contributed by atoms with Gasteiger partial charge in [-0.25, -0.2) is 0 Å². The fraction of sp³-hybridized carbons (Fsp3) is 0.833. The Labute approximate surface area is 168 Å². The van der Waals surface area contributed by atoms with Gasteiger partial charge in [0.2, 0.25) is 0 Å². The van der Waals surface area contributed by atoms with Crippen LogP contribution in [0.3, 0.4) is 0 Å².